The van der Waals surface area contributed by atoms with E-state index in [1.165, 1.54) is 16.0 Å². The fraction of sp³-hybridized carbons (Fsp3) is 0.333. The first-order valence-corrected chi connectivity index (χ1v) is 8.73. The Morgan fingerprint density at radius 3 is 2.56 bits per heavy atom. The van der Waals surface area contributed by atoms with Crippen LogP contribution < -0.4 is 0 Å². The average Bonchev–Trinajstić information content (AvgIpc) is 3.23. The number of carbonyl (C=O) groups is 2. The van der Waals surface area contributed by atoms with Crippen molar-refractivity contribution in [3.05, 3.63) is 71.3 Å². The van der Waals surface area contributed by atoms with Crippen LogP contribution in [0.2, 0.25) is 0 Å². The van der Waals surface area contributed by atoms with Crippen LogP contribution in [0.1, 0.15) is 29.5 Å². The summed E-state index contributed by atoms with van der Waals surface area (Å²) in [7, 11) is 0. The minimum atomic E-state index is -0.967. The van der Waals surface area contributed by atoms with Gasteiger partial charge in [-0.15, -0.1) is 0 Å². The summed E-state index contributed by atoms with van der Waals surface area (Å²) >= 11 is 0. The maximum absolute atomic E-state index is 13.1. The Morgan fingerprint density at radius 1 is 1.08 bits per heavy atom. The molecule has 1 spiro atoms. The molecule has 4 heteroatoms. The van der Waals surface area contributed by atoms with Crippen molar-refractivity contribution in [2.24, 2.45) is 5.92 Å². The Kier molecular flexibility index (Phi) is 3.83. The topological polar surface area (TPSA) is 57.6 Å². The van der Waals surface area contributed by atoms with Gasteiger partial charge in [-0.25, -0.2) is 0 Å². The molecule has 25 heavy (non-hydrogen) atoms. The number of hydrogen-bond donors (Lipinski definition) is 1. The maximum Gasteiger partial charge on any atom is 0.323 e. The number of fused-ring (bicyclic) bond motifs is 2. The summed E-state index contributed by atoms with van der Waals surface area (Å²) < 4.78 is 0. The van der Waals surface area contributed by atoms with E-state index in [0.29, 0.717) is 6.54 Å². The lowest BCUT2D eigenvalue weighted by Gasteiger charge is -2.22. The van der Waals surface area contributed by atoms with Crippen molar-refractivity contribution >= 4 is 11.9 Å². The van der Waals surface area contributed by atoms with Crippen LogP contribution in [-0.2, 0) is 28.0 Å². The fourth-order valence-electron chi connectivity index (χ4n) is 4.32. The van der Waals surface area contributed by atoms with E-state index < -0.39 is 5.97 Å². The zero-order valence-electron chi connectivity index (χ0n) is 14.0. The van der Waals surface area contributed by atoms with Crippen molar-refractivity contribution in [2.45, 2.75) is 31.2 Å². The summed E-state index contributed by atoms with van der Waals surface area (Å²) in [5.41, 5.74) is 3.54. The molecule has 2 aliphatic carbocycles. The van der Waals surface area contributed by atoms with E-state index in [1.54, 1.807) is 0 Å². The highest BCUT2D eigenvalue weighted by molar-refractivity contribution is 5.87. The van der Waals surface area contributed by atoms with Crippen molar-refractivity contribution in [2.75, 3.05) is 6.54 Å². The van der Waals surface area contributed by atoms with E-state index in [9.17, 15) is 14.7 Å². The number of aryl methyl sites for hydroxylation is 1. The number of hydrogen-bond acceptors (Lipinski definition) is 2. The second-order valence-corrected chi connectivity index (χ2v) is 7.14. The SMILES string of the molecule is O=C(O)CN(Cc1ccccc1)C(=O)C1CC12CCc1ccccc12. The lowest BCUT2D eigenvalue weighted by molar-refractivity contribution is -0.145. The Bertz CT molecular complexity index is 817. The highest BCUT2D eigenvalue weighted by Gasteiger charge is 2.62. The lowest BCUT2D eigenvalue weighted by Crippen LogP contribution is -2.37. The van der Waals surface area contributed by atoms with Crippen LogP contribution in [0.5, 0.6) is 0 Å². The summed E-state index contributed by atoms with van der Waals surface area (Å²) in [6.45, 7) is 0.0994. The molecule has 0 bridgehead atoms. The van der Waals surface area contributed by atoms with Gasteiger partial charge in [-0.05, 0) is 36.0 Å². The highest BCUT2D eigenvalue weighted by Crippen LogP contribution is 2.62. The van der Waals surface area contributed by atoms with Gasteiger partial charge in [-0.2, -0.15) is 0 Å². The van der Waals surface area contributed by atoms with Crippen LogP contribution in [0.4, 0.5) is 0 Å². The van der Waals surface area contributed by atoms with Gasteiger partial charge in [0.05, 0.1) is 0 Å². The molecule has 4 nitrogen and oxygen atoms in total. The summed E-state index contributed by atoms with van der Waals surface area (Å²) in [5, 5.41) is 9.23. The number of carboxylic acids is 1. The number of rotatable bonds is 5. The number of carboxylic acid groups (broad SMARTS) is 1. The third kappa shape index (κ3) is 2.82. The van der Waals surface area contributed by atoms with Gasteiger partial charge in [-0.1, -0.05) is 54.6 Å². The van der Waals surface area contributed by atoms with Gasteiger partial charge in [-0.3, -0.25) is 9.59 Å². The summed E-state index contributed by atoms with van der Waals surface area (Å²) in [6, 6.07) is 17.9. The fourth-order valence-corrected chi connectivity index (χ4v) is 4.32. The second kappa shape index (κ2) is 6.03. The van der Waals surface area contributed by atoms with Gasteiger partial charge in [0.25, 0.3) is 0 Å². The van der Waals surface area contributed by atoms with E-state index in [2.05, 4.69) is 12.1 Å². The molecule has 1 saturated carbocycles. The molecule has 1 N–H and O–H groups in total. The van der Waals surface area contributed by atoms with Gasteiger partial charge >= 0.3 is 5.97 Å². The van der Waals surface area contributed by atoms with E-state index >= 15 is 0 Å². The Labute approximate surface area is 147 Å². The predicted octanol–water partition coefficient (Wildman–Crippen LogP) is 3.00. The summed E-state index contributed by atoms with van der Waals surface area (Å²) in [6.07, 6.45) is 2.85. The zero-order chi connectivity index (χ0) is 17.4. The van der Waals surface area contributed by atoms with E-state index in [1.807, 2.05) is 42.5 Å². The Balaban J connectivity index is 1.55. The molecule has 2 unspecified atom stereocenters. The maximum atomic E-state index is 13.1. The smallest absolute Gasteiger partial charge is 0.323 e. The van der Waals surface area contributed by atoms with Crippen LogP contribution in [-0.4, -0.2) is 28.4 Å². The zero-order valence-corrected chi connectivity index (χ0v) is 14.0. The molecule has 2 aromatic rings. The molecule has 4 rings (SSSR count). The van der Waals surface area contributed by atoms with Gasteiger partial charge in [0.15, 0.2) is 0 Å². The third-order valence-electron chi connectivity index (χ3n) is 5.62. The molecule has 1 amide bonds. The monoisotopic (exact) mass is 335 g/mol. The molecule has 2 aromatic carbocycles. The molecule has 2 aliphatic rings. The van der Waals surface area contributed by atoms with Gasteiger partial charge in [0.2, 0.25) is 5.91 Å². The van der Waals surface area contributed by atoms with Gasteiger partial charge in [0.1, 0.15) is 6.54 Å². The van der Waals surface area contributed by atoms with Gasteiger partial charge in [0, 0.05) is 17.9 Å². The summed E-state index contributed by atoms with van der Waals surface area (Å²) in [5.74, 6) is -1.08. The highest BCUT2D eigenvalue weighted by atomic mass is 16.4. The molecule has 0 aliphatic heterocycles. The Hall–Kier alpha value is -2.62. The number of benzene rings is 2. The van der Waals surface area contributed by atoms with Crippen molar-refractivity contribution in [1.29, 1.82) is 0 Å². The van der Waals surface area contributed by atoms with E-state index in [0.717, 1.165) is 24.8 Å². The molecule has 0 heterocycles. The van der Waals surface area contributed by atoms with Crippen LogP contribution in [0, 0.1) is 5.92 Å². The van der Waals surface area contributed by atoms with Crippen molar-refractivity contribution in [3.8, 4) is 0 Å². The molecule has 1 fully saturated rings. The van der Waals surface area contributed by atoms with Gasteiger partial charge < -0.3 is 10.0 Å². The molecule has 0 aromatic heterocycles. The molecule has 0 radical (unpaired) electrons. The quantitative estimate of drug-likeness (QED) is 0.914. The van der Waals surface area contributed by atoms with Crippen LogP contribution in [0.25, 0.3) is 0 Å². The Morgan fingerprint density at radius 2 is 1.80 bits per heavy atom. The molecule has 0 saturated heterocycles. The van der Waals surface area contributed by atoms with Crippen molar-refractivity contribution in [3.63, 3.8) is 0 Å². The summed E-state index contributed by atoms with van der Waals surface area (Å²) in [4.78, 5) is 25.8. The second-order valence-electron chi connectivity index (χ2n) is 7.14. The number of aliphatic carboxylic acids is 1. The van der Waals surface area contributed by atoms with Crippen molar-refractivity contribution in [1.82, 2.24) is 4.90 Å². The largest absolute Gasteiger partial charge is 0.480 e. The van der Waals surface area contributed by atoms with Crippen LogP contribution in [0.3, 0.4) is 0 Å². The minimum absolute atomic E-state index is 0.0250. The first kappa shape index (κ1) is 15.9. The van der Waals surface area contributed by atoms with E-state index in [-0.39, 0.29) is 23.8 Å². The minimum Gasteiger partial charge on any atom is -0.480 e. The predicted molar refractivity (Wildman–Crippen MR) is 94.0 cm³/mol. The number of carbonyl (C=O) groups excluding carboxylic acids is 1. The third-order valence-corrected chi connectivity index (χ3v) is 5.62. The van der Waals surface area contributed by atoms with Crippen LogP contribution >= 0.6 is 0 Å². The number of amides is 1. The first-order valence-electron chi connectivity index (χ1n) is 8.73. The molecular formula is C21H21NO3. The average molecular weight is 335 g/mol. The number of nitrogens with zero attached hydrogens (tertiary/aromatic N) is 1. The first-order chi connectivity index (χ1) is 12.1. The molecular weight excluding hydrogens is 314 g/mol. The van der Waals surface area contributed by atoms with E-state index in [4.69, 9.17) is 0 Å². The lowest BCUT2D eigenvalue weighted by atomic mass is 9.95. The molecule has 2 atom stereocenters. The van der Waals surface area contributed by atoms with Crippen molar-refractivity contribution < 1.29 is 14.7 Å². The normalized spacial score (nSPS) is 23.3. The standard InChI is InChI=1S/C21H21NO3/c23-19(24)14-22(13-15-6-2-1-3-7-15)20(25)18-12-21(18)11-10-16-8-4-5-9-17(16)21/h1-9,18H,10-14H2,(H,23,24). The molecule has 128 valence electrons. The van der Waals surface area contributed by atoms with Crippen LogP contribution in [0.15, 0.2) is 54.6 Å².